The normalized spacial score (nSPS) is 13.5. The number of sulfonamides is 1. The van der Waals surface area contributed by atoms with Crippen LogP contribution in [0.15, 0.2) is 21.6 Å². The molecule has 8 heteroatoms. The molecule has 1 unspecified atom stereocenters. The van der Waals surface area contributed by atoms with Gasteiger partial charge in [0.25, 0.3) is 0 Å². The highest BCUT2D eigenvalue weighted by atomic mass is 79.9. The van der Waals surface area contributed by atoms with Gasteiger partial charge in [-0.1, -0.05) is 24.9 Å². The van der Waals surface area contributed by atoms with Gasteiger partial charge in [-0.25, -0.2) is 18.1 Å². The monoisotopic (exact) mass is 370 g/mol. The third-order valence-corrected chi connectivity index (χ3v) is 5.02. The summed E-state index contributed by atoms with van der Waals surface area (Å²) in [6.45, 7) is 2.25. The number of rotatable bonds is 7. The molecule has 0 aliphatic carbocycles. The van der Waals surface area contributed by atoms with E-state index in [4.69, 9.17) is 16.7 Å². The Morgan fingerprint density at radius 2 is 2.26 bits per heavy atom. The zero-order valence-corrected chi connectivity index (χ0v) is 13.6. The fourth-order valence-electron chi connectivity index (χ4n) is 1.53. The molecule has 19 heavy (non-hydrogen) atoms. The second-order valence-electron chi connectivity index (χ2n) is 4.08. The number of pyridine rings is 1. The Bertz CT molecular complexity index is 525. The summed E-state index contributed by atoms with van der Waals surface area (Å²) in [6.07, 6.45) is 2.78. The highest BCUT2D eigenvalue weighted by Crippen LogP contribution is 2.22. The largest absolute Gasteiger partial charge is 0.396 e. The summed E-state index contributed by atoms with van der Waals surface area (Å²) >= 11 is 8.96. The van der Waals surface area contributed by atoms with Crippen molar-refractivity contribution < 1.29 is 13.5 Å². The van der Waals surface area contributed by atoms with E-state index in [-0.39, 0.29) is 29.1 Å². The Balaban J connectivity index is 2.83. The number of nitrogens with one attached hydrogen (secondary N) is 1. The first kappa shape index (κ1) is 16.8. The Kier molecular flexibility index (Phi) is 6.68. The van der Waals surface area contributed by atoms with Crippen molar-refractivity contribution in [1.29, 1.82) is 0 Å². The number of halogens is 2. The summed E-state index contributed by atoms with van der Waals surface area (Å²) in [4.78, 5) is 3.73. The van der Waals surface area contributed by atoms with Crippen molar-refractivity contribution in [3.05, 3.63) is 21.9 Å². The molecule has 0 aliphatic rings. The number of aliphatic hydroxyl groups is 1. The average Bonchev–Trinajstić information content (AvgIpc) is 2.37. The number of nitrogens with zero attached hydrogens (tertiary/aromatic N) is 1. The van der Waals surface area contributed by atoms with Gasteiger partial charge >= 0.3 is 0 Å². The zero-order chi connectivity index (χ0) is 14.5. The van der Waals surface area contributed by atoms with Crippen molar-refractivity contribution in [1.82, 2.24) is 9.71 Å². The van der Waals surface area contributed by atoms with Crippen LogP contribution in [-0.4, -0.2) is 31.7 Å². The highest BCUT2D eigenvalue weighted by molar-refractivity contribution is 9.10. The predicted molar refractivity (Wildman–Crippen MR) is 77.6 cm³/mol. The standard InChI is InChI=1S/C11H16BrClN2O3S/c1-2-8(3-4-16)6-15-19(17,18)10-5-9(12)7-14-11(10)13/h5,7-8,15-16H,2-4,6H2,1H3. The van der Waals surface area contributed by atoms with Crippen molar-refractivity contribution in [3.8, 4) is 0 Å². The molecule has 5 nitrogen and oxygen atoms in total. The molecule has 0 radical (unpaired) electrons. The maximum Gasteiger partial charge on any atom is 0.243 e. The van der Waals surface area contributed by atoms with Gasteiger partial charge in [0.15, 0.2) is 0 Å². The fraction of sp³-hybridized carbons (Fsp3) is 0.545. The van der Waals surface area contributed by atoms with Crippen LogP contribution in [0.2, 0.25) is 5.15 Å². The molecule has 0 amide bonds. The van der Waals surface area contributed by atoms with Crippen LogP contribution in [0.3, 0.4) is 0 Å². The second-order valence-corrected chi connectivity index (χ2v) is 7.09. The smallest absolute Gasteiger partial charge is 0.243 e. The SMILES string of the molecule is CCC(CCO)CNS(=O)(=O)c1cc(Br)cnc1Cl. The van der Waals surface area contributed by atoms with Gasteiger partial charge in [-0.15, -0.1) is 0 Å². The Morgan fingerprint density at radius 3 is 2.84 bits per heavy atom. The molecule has 0 saturated carbocycles. The number of aliphatic hydroxyl groups excluding tert-OH is 1. The number of hydrogen-bond donors (Lipinski definition) is 2. The van der Waals surface area contributed by atoms with Gasteiger partial charge in [0.05, 0.1) is 0 Å². The van der Waals surface area contributed by atoms with Gasteiger partial charge in [-0.05, 0) is 34.3 Å². The predicted octanol–water partition coefficient (Wildman–Crippen LogP) is 2.18. The average molecular weight is 372 g/mol. The van der Waals surface area contributed by atoms with E-state index in [9.17, 15) is 8.42 Å². The first-order chi connectivity index (χ1) is 8.90. The van der Waals surface area contributed by atoms with E-state index in [0.717, 1.165) is 6.42 Å². The molecule has 0 fully saturated rings. The van der Waals surface area contributed by atoms with E-state index in [2.05, 4.69) is 25.6 Å². The van der Waals surface area contributed by atoms with E-state index in [1.54, 1.807) is 0 Å². The van der Waals surface area contributed by atoms with Crippen molar-refractivity contribution >= 4 is 37.6 Å². The molecule has 1 aromatic rings. The molecule has 1 aromatic heterocycles. The summed E-state index contributed by atoms with van der Waals surface area (Å²) < 4.78 is 27.3. The van der Waals surface area contributed by atoms with E-state index in [0.29, 0.717) is 10.9 Å². The first-order valence-corrected chi connectivity index (χ1v) is 8.47. The minimum Gasteiger partial charge on any atom is -0.396 e. The Morgan fingerprint density at radius 1 is 1.58 bits per heavy atom. The molecule has 0 saturated heterocycles. The minimum absolute atomic E-state index is 0.0411. The second kappa shape index (κ2) is 7.54. The molecule has 0 spiro atoms. The third kappa shape index (κ3) is 5.00. The van der Waals surface area contributed by atoms with Gasteiger partial charge in [0.1, 0.15) is 10.0 Å². The summed E-state index contributed by atoms with van der Waals surface area (Å²) in [5.41, 5.74) is 0. The molecule has 108 valence electrons. The zero-order valence-electron chi connectivity index (χ0n) is 10.4. The van der Waals surface area contributed by atoms with E-state index in [1.165, 1.54) is 12.3 Å². The maximum absolute atomic E-state index is 12.1. The van der Waals surface area contributed by atoms with Gasteiger partial charge in [-0.3, -0.25) is 0 Å². The molecule has 0 aliphatic heterocycles. The highest BCUT2D eigenvalue weighted by Gasteiger charge is 2.20. The molecule has 1 atom stereocenters. The van der Waals surface area contributed by atoms with E-state index >= 15 is 0 Å². The van der Waals surface area contributed by atoms with E-state index < -0.39 is 10.0 Å². The van der Waals surface area contributed by atoms with Gasteiger partial charge in [0.2, 0.25) is 10.0 Å². The maximum atomic E-state index is 12.1. The van der Waals surface area contributed by atoms with Crippen LogP contribution < -0.4 is 4.72 Å². The topological polar surface area (TPSA) is 79.3 Å². The first-order valence-electron chi connectivity index (χ1n) is 5.82. The lowest BCUT2D eigenvalue weighted by Gasteiger charge is -2.15. The van der Waals surface area contributed by atoms with Crippen molar-refractivity contribution in [2.45, 2.75) is 24.7 Å². The van der Waals surface area contributed by atoms with Crippen molar-refractivity contribution in [2.24, 2.45) is 5.92 Å². The van der Waals surface area contributed by atoms with Crippen LogP contribution in [0, 0.1) is 5.92 Å². The van der Waals surface area contributed by atoms with Crippen LogP contribution in [0.1, 0.15) is 19.8 Å². The molecular weight excluding hydrogens is 356 g/mol. The summed E-state index contributed by atoms with van der Waals surface area (Å²) in [7, 11) is -3.69. The lowest BCUT2D eigenvalue weighted by Crippen LogP contribution is -2.30. The van der Waals surface area contributed by atoms with Crippen LogP contribution in [0.5, 0.6) is 0 Å². The van der Waals surface area contributed by atoms with Crippen LogP contribution >= 0.6 is 27.5 Å². The van der Waals surface area contributed by atoms with Crippen LogP contribution in [0.25, 0.3) is 0 Å². The van der Waals surface area contributed by atoms with Gasteiger partial charge in [0, 0.05) is 23.8 Å². The lowest BCUT2D eigenvalue weighted by atomic mass is 10.0. The molecule has 1 heterocycles. The molecule has 2 N–H and O–H groups in total. The number of aromatic nitrogens is 1. The minimum atomic E-state index is -3.69. The van der Waals surface area contributed by atoms with Crippen LogP contribution in [0.4, 0.5) is 0 Å². The Labute approximate surface area is 126 Å². The fourth-order valence-corrected chi connectivity index (χ4v) is 3.59. The molecular formula is C11H16BrClN2O3S. The van der Waals surface area contributed by atoms with Crippen molar-refractivity contribution in [3.63, 3.8) is 0 Å². The van der Waals surface area contributed by atoms with Gasteiger partial charge in [-0.2, -0.15) is 0 Å². The van der Waals surface area contributed by atoms with Gasteiger partial charge < -0.3 is 5.11 Å². The van der Waals surface area contributed by atoms with Crippen LogP contribution in [-0.2, 0) is 10.0 Å². The molecule has 0 bridgehead atoms. The van der Waals surface area contributed by atoms with E-state index in [1.807, 2.05) is 6.92 Å². The lowest BCUT2D eigenvalue weighted by molar-refractivity contribution is 0.254. The third-order valence-electron chi connectivity index (χ3n) is 2.74. The summed E-state index contributed by atoms with van der Waals surface area (Å²) in [5, 5.41) is 8.82. The van der Waals surface area contributed by atoms with Crippen molar-refractivity contribution in [2.75, 3.05) is 13.2 Å². The Hall–Kier alpha value is -0.210. The summed E-state index contributed by atoms with van der Waals surface area (Å²) in [5.74, 6) is 0.0960. The number of hydrogen-bond acceptors (Lipinski definition) is 4. The quantitative estimate of drug-likeness (QED) is 0.720. The molecule has 1 rings (SSSR count). The molecule has 0 aromatic carbocycles. The summed E-state index contributed by atoms with van der Waals surface area (Å²) in [6, 6.07) is 1.41.